The van der Waals surface area contributed by atoms with E-state index in [1.807, 2.05) is 0 Å². The Kier molecular flexibility index (Phi) is 5.08. The summed E-state index contributed by atoms with van der Waals surface area (Å²) in [6.45, 7) is 1.76. The van der Waals surface area contributed by atoms with E-state index in [1.165, 1.54) is 13.3 Å². The van der Waals surface area contributed by atoms with Crippen LogP contribution < -0.4 is 4.72 Å². The van der Waals surface area contributed by atoms with Gasteiger partial charge in [-0.15, -0.1) is 0 Å². The van der Waals surface area contributed by atoms with E-state index in [1.54, 1.807) is 19.2 Å². The third-order valence-corrected chi connectivity index (χ3v) is 3.66. The van der Waals surface area contributed by atoms with Gasteiger partial charge in [0, 0.05) is 18.8 Å². The summed E-state index contributed by atoms with van der Waals surface area (Å²) >= 11 is 0. The third kappa shape index (κ3) is 4.70. The Hall–Kier alpha value is -1.63. The van der Waals surface area contributed by atoms with Gasteiger partial charge in [0.2, 0.25) is 10.0 Å². The van der Waals surface area contributed by atoms with Crippen LogP contribution in [0.15, 0.2) is 18.5 Å². The van der Waals surface area contributed by atoms with Crippen molar-refractivity contribution in [2.75, 3.05) is 17.6 Å². The number of aryl methyl sites for hydroxylation is 1. The van der Waals surface area contributed by atoms with Crippen LogP contribution in [0.3, 0.4) is 0 Å². The van der Waals surface area contributed by atoms with Gasteiger partial charge in [-0.1, -0.05) is 0 Å². The van der Waals surface area contributed by atoms with Crippen LogP contribution >= 0.6 is 0 Å². The number of pyridine rings is 1. The Labute approximate surface area is 106 Å². The summed E-state index contributed by atoms with van der Waals surface area (Å²) < 4.78 is 30.4. The maximum absolute atomic E-state index is 11.7. The second kappa shape index (κ2) is 6.34. The number of carbonyl (C=O) groups is 1. The number of esters is 1. The highest BCUT2D eigenvalue weighted by Gasteiger charge is 2.12. The molecule has 100 valence electrons. The molecule has 1 rings (SSSR count). The van der Waals surface area contributed by atoms with Crippen LogP contribution in [-0.4, -0.2) is 32.2 Å². The summed E-state index contributed by atoms with van der Waals surface area (Å²) in [7, 11) is -2.17. The number of nitrogens with zero attached hydrogens (tertiary/aromatic N) is 1. The lowest BCUT2D eigenvalue weighted by Crippen LogP contribution is -2.18. The highest BCUT2D eigenvalue weighted by Crippen LogP contribution is 2.14. The van der Waals surface area contributed by atoms with Crippen LogP contribution in [0.2, 0.25) is 0 Å². The van der Waals surface area contributed by atoms with Crippen LogP contribution in [0, 0.1) is 6.92 Å². The average Bonchev–Trinajstić information content (AvgIpc) is 2.31. The van der Waals surface area contributed by atoms with Crippen LogP contribution in [0.1, 0.15) is 18.4 Å². The Morgan fingerprint density at radius 1 is 1.50 bits per heavy atom. The van der Waals surface area contributed by atoms with E-state index in [-0.39, 0.29) is 18.6 Å². The first-order valence-corrected chi connectivity index (χ1v) is 7.08. The lowest BCUT2D eigenvalue weighted by Gasteiger charge is -2.09. The average molecular weight is 272 g/mol. The second-order valence-corrected chi connectivity index (χ2v) is 5.63. The van der Waals surface area contributed by atoms with E-state index in [9.17, 15) is 13.2 Å². The fourth-order valence-corrected chi connectivity index (χ4v) is 2.51. The van der Waals surface area contributed by atoms with Gasteiger partial charge >= 0.3 is 5.97 Å². The van der Waals surface area contributed by atoms with E-state index in [0.29, 0.717) is 5.69 Å². The van der Waals surface area contributed by atoms with E-state index in [0.717, 1.165) is 5.56 Å². The Morgan fingerprint density at radius 2 is 2.22 bits per heavy atom. The highest BCUT2D eigenvalue weighted by molar-refractivity contribution is 7.92. The molecule has 0 aromatic carbocycles. The molecule has 0 spiro atoms. The minimum atomic E-state index is -3.45. The van der Waals surface area contributed by atoms with Gasteiger partial charge in [-0.2, -0.15) is 0 Å². The zero-order valence-electron chi connectivity index (χ0n) is 10.3. The number of hydrogen-bond donors (Lipinski definition) is 1. The van der Waals surface area contributed by atoms with Gasteiger partial charge in [-0.3, -0.25) is 14.5 Å². The summed E-state index contributed by atoms with van der Waals surface area (Å²) in [5.41, 5.74) is 1.25. The normalized spacial score (nSPS) is 11.0. The number of methoxy groups -OCH3 is 1. The van der Waals surface area contributed by atoms with Crippen molar-refractivity contribution in [3.63, 3.8) is 0 Å². The maximum Gasteiger partial charge on any atom is 0.305 e. The van der Waals surface area contributed by atoms with E-state index < -0.39 is 16.0 Å². The molecular weight excluding hydrogens is 256 g/mol. The molecule has 0 atom stereocenters. The van der Waals surface area contributed by atoms with Crippen LogP contribution in [0.5, 0.6) is 0 Å². The lowest BCUT2D eigenvalue weighted by molar-refractivity contribution is -0.140. The van der Waals surface area contributed by atoms with E-state index >= 15 is 0 Å². The molecule has 0 radical (unpaired) electrons. The van der Waals surface area contributed by atoms with Crippen molar-refractivity contribution < 1.29 is 17.9 Å². The number of anilines is 1. The molecule has 0 fully saturated rings. The molecule has 1 aromatic rings. The minimum absolute atomic E-state index is 0.0900. The van der Waals surface area contributed by atoms with Gasteiger partial charge in [0.15, 0.2) is 0 Å². The molecule has 18 heavy (non-hydrogen) atoms. The van der Waals surface area contributed by atoms with Crippen molar-refractivity contribution in [1.29, 1.82) is 0 Å². The second-order valence-electron chi connectivity index (χ2n) is 3.79. The van der Waals surface area contributed by atoms with Crippen molar-refractivity contribution in [2.45, 2.75) is 19.8 Å². The predicted molar refractivity (Wildman–Crippen MR) is 67.6 cm³/mol. The van der Waals surface area contributed by atoms with Crippen LogP contribution in [-0.2, 0) is 19.6 Å². The number of aromatic nitrogens is 1. The molecule has 0 saturated carbocycles. The van der Waals surface area contributed by atoms with Crippen molar-refractivity contribution in [2.24, 2.45) is 0 Å². The number of nitrogens with one attached hydrogen (secondary N) is 1. The maximum atomic E-state index is 11.7. The summed E-state index contributed by atoms with van der Waals surface area (Å²) in [4.78, 5) is 14.7. The topological polar surface area (TPSA) is 85.4 Å². The van der Waals surface area contributed by atoms with E-state index in [2.05, 4.69) is 14.4 Å². The Balaban J connectivity index is 2.55. The number of carbonyl (C=O) groups excluding carboxylic acids is 1. The molecular formula is C11H16N2O4S. The van der Waals surface area contributed by atoms with Gasteiger partial charge in [-0.05, 0) is 25.0 Å². The third-order valence-electron chi connectivity index (χ3n) is 2.31. The standard InChI is InChI=1S/C11H16N2O4S/c1-9-8-12-6-5-10(9)13-18(15,16)7-3-4-11(14)17-2/h5-6,8H,3-4,7H2,1-2H3,(H,12,13). The molecule has 1 N–H and O–H groups in total. The van der Waals surface area contributed by atoms with Crippen LogP contribution in [0.25, 0.3) is 0 Å². The van der Waals surface area contributed by atoms with Crippen molar-refractivity contribution in [3.05, 3.63) is 24.0 Å². The number of hydrogen-bond acceptors (Lipinski definition) is 5. The number of sulfonamides is 1. The smallest absolute Gasteiger partial charge is 0.305 e. The molecule has 0 amide bonds. The largest absolute Gasteiger partial charge is 0.469 e. The molecule has 0 aliphatic heterocycles. The fourth-order valence-electron chi connectivity index (χ4n) is 1.32. The van der Waals surface area contributed by atoms with Gasteiger partial charge in [0.25, 0.3) is 0 Å². The van der Waals surface area contributed by atoms with Crippen molar-refractivity contribution >= 4 is 21.7 Å². The summed E-state index contributed by atoms with van der Waals surface area (Å²) in [5.74, 6) is -0.533. The van der Waals surface area contributed by atoms with Gasteiger partial charge in [-0.25, -0.2) is 8.42 Å². The highest BCUT2D eigenvalue weighted by atomic mass is 32.2. The first-order valence-electron chi connectivity index (χ1n) is 5.42. The molecule has 0 saturated heterocycles. The van der Waals surface area contributed by atoms with Gasteiger partial charge in [0.1, 0.15) is 0 Å². The van der Waals surface area contributed by atoms with Crippen molar-refractivity contribution in [1.82, 2.24) is 4.98 Å². The van der Waals surface area contributed by atoms with Gasteiger partial charge in [0.05, 0.1) is 18.6 Å². The molecule has 1 aromatic heterocycles. The predicted octanol–water partition coefficient (Wildman–Crippen LogP) is 1.08. The molecule has 0 aliphatic rings. The summed E-state index contributed by atoms with van der Waals surface area (Å²) in [5, 5.41) is 0. The fraction of sp³-hybridized carbons (Fsp3) is 0.455. The van der Waals surface area contributed by atoms with Crippen LogP contribution in [0.4, 0.5) is 5.69 Å². The Morgan fingerprint density at radius 3 is 2.83 bits per heavy atom. The molecule has 0 unspecified atom stereocenters. The minimum Gasteiger partial charge on any atom is -0.469 e. The first kappa shape index (κ1) is 14.4. The van der Waals surface area contributed by atoms with E-state index in [4.69, 9.17) is 0 Å². The molecule has 7 heteroatoms. The molecule has 0 bridgehead atoms. The molecule has 6 nitrogen and oxygen atoms in total. The lowest BCUT2D eigenvalue weighted by atomic mass is 10.3. The zero-order valence-corrected chi connectivity index (χ0v) is 11.2. The molecule has 0 aliphatic carbocycles. The Bertz CT molecular complexity index is 514. The van der Waals surface area contributed by atoms with Gasteiger partial charge < -0.3 is 4.74 Å². The van der Waals surface area contributed by atoms with Crippen molar-refractivity contribution in [3.8, 4) is 0 Å². The summed E-state index contributed by atoms with van der Waals surface area (Å²) in [6.07, 6.45) is 3.41. The monoisotopic (exact) mass is 272 g/mol. The first-order chi connectivity index (χ1) is 8.44. The quantitative estimate of drug-likeness (QED) is 0.783. The zero-order chi connectivity index (χ0) is 13.6. The number of ether oxygens (including phenoxy) is 1. The summed E-state index contributed by atoms with van der Waals surface area (Å²) in [6, 6.07) is 1.59. The number of rotatable bonds is 6. The molecule has 1 heterocycles. The SMILES string of the molecule is COC(=O)CCCS(=O)(=O)Nc1ccncc1C.